The van der Waals surface area contributed by atoms with E-state index in [9.17, 15) is 4.79 Å². The number of rotatable bonds is 3. The van der Waals surface area contributed by atoms with Crippen molar-refractivity contribution < 1.29 is 14.3 Å². The molecular formula is C14H13NO3. The molecule has 0 atom stereocenters. The fourth-order valence-electron chi connectivity index (χ4n) is 1.62. The lowest BCUT2D eigenvalue weighted by Crippen LogP contribution is -2.16. The van der Waals surface area contributed by atoms with Gasteiger partial charge in [-0.2, -0.15) is 0 Å². The van der Waals surface area contributed by atoms with E-state index < -0.39 is 6.09 Å². The van der Waals surface area contributed by atoms with E-state index in [0.29, 0.717) is 5.75 Å². The maximum absolute atomic E-state index is 10.6. The van der Waals surface area contributed by atoms with Gasteiger partial charge in [-0.05, 0) is 35.4 Å². The average molecular weight is 243 g/mol. The van der Waals surface area contributed by atoms with Crippen LogP contribution in [0.2, 0.25) is 0 Å². The molecule has 4 nitrogen and oxygen atoms in total. The highest BCUT2D eigenvalue weighted by molar-refractivity contribution is 5.69. The lowest BCUT2D eigenvalue weighted by molar-refractivity contribution is 0.211. The largest absolute Gasteiger partial charge is 0.497 e. The van der Waals surface area contributed by atoms with E-state index in [1.807, 2.05) is 36.4 Å². The Labute approximate surface area is 105 Å². The van der Waals surface area contributed by atoms with Crippen molar-refractivity contribution in [2.24, 2.45) is 5.73 Å². The number of methoxy groups -OCH3 is 1. The number of hydrogen-bond donors (Lipinski definition) is 1. The third-order valence-electron chi connectivity index (χ3n) is 2.50. The molecule has 0 aliphatic heterocycles. The SMILES string of the molecule is COc1ccc(-c2ccc(OC(N)=O)cc2)cc1. The van der Waals surface area contributed by atoms with Crippen LogP contribution in [-0.4, -0.2) is 13.2 Å². The molecule has 0 heterocycles. The van der Waals surface area contributed by atoms with Gasteiger partial charge in [0.1, 0.15) is 11.5 Å². The molecule has 0 bridgehead atoms. The summed E-state index contributed by atoms with van der Waals surface area (Å²) in [6.07, 6.45) is -0.813. The minimum Gasteiger partial charge on any atom is -0.497 e. The minimum atomic E-state index is -0.813. The van der Waals surface area contributed by atoms with E-state index in [1.54, 1.807) is 19.2 Å². The Morgan fingerprint density at radius 3 is 1.72 bits per heavy atom. The van der Waals surface area contributed by atoms with E-state index >= 15 is 0 Å². The molecule has 0 radical (unpaired) electrons. The Morgan fingerprint density at radius 1 is 0.889 bits per heavy atom. The van der Waals surface area contributed by atoms with Crippen LogP contribution in [0.4, 0.5) is 4.79 Å². The summed E-state index contributed by atoms with van der Waals surface area (Å²) in [5, 5.41) is 0. The maximum Gasteiger partial charge on any atom is 0.409 e. The Morgan fingerprint density at radius 2 is 1.33 bits per heavy atom. The summed E-state index contributed by atoms with van der Waals surface area (Å²) < 4.78 is 9.86. The van der Waals surface area contributed by atoms with Crippen LogP contribution >= 0.6 is 0 Å². The lowest BCUT2D eigenvalue weighted by Gasteiger charge is -2.05. The van der Waals surface area contributed by atoms with Crippen molar-refractivity contribution >= 4 is 6.09 Å². The normalized spacial score (nSPS) is 9.83. The summed E-state index contributed by atoms with van der Waals surface area (Å²) >= 11 is 0. The van der Waals surface area contributed by atoms with Crippen LogP contribution in [0.1, 0.15) is 0 Å². The number of hydrogen-bond acceptors (Lipinski definition) is 3. The lowest BCUT2D eigenvalue weighted by atomic mass is 10.1. The molecule has 4 heteroatoms. The molecule has 1 amide bonds. The highest BCUT2D eigenvalue weighted by Crippen LogP contribution is 2.24. The van der Waals surface area contributed by atoms with Gasteiger partial charge in [-0.15, -0.1) is 0 Å². The van der Waals surface area contributed by atoms with Crippen LogP contribution in [-0.2, 0) is 0 Å². The molecule has 2 rings (SSSR count). The van der Waals surface area contributed by atoms with Gasteiger partial charge in [-0.25, -0.2) is 4.79 Å². The van der Waals surface area contributed by atoms with Crippen molar-refractivity contribution in [3.8, 4) is 22.6 Å². The first-order chi connectivity index (χ1) is 8.69. The smallest absolute Gasteiger partial charge is 0.409 e. The highest BCUT2D eigenvalue weighted by Gasteiger charge is 2.01. The molecule has 0 aliphatic carbocycles. The van der Waals surface area contributed by atoms with Crippen LogP contribution in [0, 0.1) is 0 Å². The summed E-state index contributed by atoms with van der Waals surface area (Å²) in [5.74, 6) is 1.24. The van der Waals surface area contributed by atoms with E-state index in [4.69, 9.17) is 15.2 Å². The van der Waals surface area contributed by atoms with Gasteiger partial charge in [0.25, 0.3) is 0 Å². The van der Waals surface area contributed by atoms with Gasteiger partial charge in [0.05, 0.1) is 7.11 Å². The van der Waals surface area contributed by atoms with Crippen LogP contribution in [0.3, 0.4) is 0 Å². The third kappa shape index (κ3) is 2.79. The Hall–Kier alpha value is -2.49. The number of primary amides is 1. The number of carbonyl (C=O) groups is 1. The quantitative estimate of drug-likeness (QED) is 0.901. The average Bonchev–Trinajstić information content (AvgIpc) is 2.39. The van der Waals surface area contributed by atoms with Crippen LogP contribution in [0.5, 0.6) is 11.5 Å². The van der Waals surface area contributed by atoms with Gasteiger partial charge in [-0.3, -0.25) is 0 Å². The van der Waals surface area contributed by atoms with Crippen LogP contribution in [0.15, 0.2) is 48.5 Å². The second-order valence-electron chi connectivity index (χ2n) is 3.67. The Bertz CT molecular complexity index is 532. The van der Waals surface area contributed by atoms with Gasteiger partial charge < -0.3 is 15.2 Å². The first kappa shape index (κ1) is 12.0. The third-order valence-corrected chi connectivity index (χ3v) is 2.50. The molecule has 0 aliphatic rings. The monoisotopic (exact) mass is 243 g/mol. The molecule has 18 heavy (non-hydrogen) atoms. The number of ether oxygens (including phenoxy) is 2. The first-order valence-electron chi connectivity index (χ1n) is 5.41. The number of carbonyl (C=O) groups excluding carboxylic acids is 1. The molecule has 2 aromatic rings. The van der Waals surface area contributed by atoms with Gasteiger partial charge in [-0.1, -0.05) is 24.3 Å². The summed E-state index contributed by atoms with van der Waals surface area (Å²) in [6.45, 7) is 0. The molecule has 0 saturated carbocycles. The maximum atomic E-state index is 10.6. The molecule has 2 N–H and O–H groups in total. The van der Waals surface area contributed by atoms with Gasteiger partial charge in [0, 0.05) is 0 Å². The zero-order valence-corrected chi connectivity index (χ0v) is 9.92. The zero-order chi connectivity index (χ0) is 13.0. The van der Waals surface area contributed by atoms with E-state index in [1.165, 1.54) is 0 Å². The number of nitrogens with two attached hydrogens (primary N) is 1. The topological polar surface area (TPSA) is 61.6 Å². The van der Waals surface area contributed by atoms with E-state index in [2.05, 4.69) is 0 Å². The van der Waals surface area contributed by atoms with Gasteiger partial charge in [0.15, 0.2) is 0 Å². The summed E-state index contributed by atoms with van der Waals surface area (Å²) in [7, 11) is 1.63. The van der Waals surface area contributed by atoms with Crippen LogP contribution < -0.4 is 15.2 Å². The van der Waals surface area contributed by atoms with Crippen LogP contribution in [0.25, 0.3) is 11.1 Å². The molecular weight excluding hydrogens is 230 g/mol. The first-order valence-corrected chi connectivity index (χ1v) is 5.41. The Kier molecular flexibility index (Phi) is 3.48. The summed E-state index contributed by atoms with van der Waals surface area (Å²) in [5.41, 5.74) is 7.01. The minimum absolute atomic E-state index is 0.430. The molecule has 0 spiro atoms. The van der Waals surface area contributed by atoms with Gasteiger partial charge in [0.2, 0.25) is 0 Å². The van der Waals surface area contributed by atoms with Crippen molar-refractivity contribution in [1.82, 2.24) is 0 Å². The second kappa shape index (κ2) is 5.23. The van der Waals surface area contributed by atoms with Crippen molar-refractivity contribution in [2.45, 2.75) is 0 Å². The molecule has 0 fully saturated rings. The van der Waals surface area contributed by atoms with E-state index in [0.717, 1.165) is 16.9 Å². The predicted molar refractivity (Wildman–Crippen MR) is 68.6 cm³/mol. The standard InChI is InChI=1S/C14H13NO3/c1-17-12-6-2-10(3-7-12)11-4-8-13(9-5-11)18-14(15)16/h2-9H,1H3,(H2,15,16). The molecule has 2 aromatic carbocycles. The summed E-state index contributed by atoms with van der Waals surface area (Å²) in [6, 6.07) is 14.8. The molecule has 0 unspecified atom stereocenters. The number of benzene rings is 2. The molecule has 92 valence electrons. The fraction of sp³-hybridized carbons (Fsp3) is 0.0714. The van der Waals surface area contributed by atoms with E-state index in [-0.39, 0.29) is 0 Å². The number of amides is 1. The Balaban J connectivity index is 2.20. The fourth-order valence-corrected chi connectivity index (χ4v) is 1.62. The predicted octanol–water partition coefficient (Wildman–Crippen LogP) is 2.82. The molecule has 0 saturated heterocycles. The highest BCUT2D eigenvalue weighted by atomic mass is 16.5. The van der Waals surface area contributed by atoms with Crippen molar-refractivity contribution in [3.05, 3.63) is 48.5 Å². The zero-order valence-electron chi connectivity index (χ0n) is 9.92. The van der Waals surface area contributed by atoms with Gasteiger partial charge >= 0.3 is 6.09 Å². The van der Waals surface area contributed by atoms with Crippen molar-refractivity contribution in [3.63, 3.8) is 0 Å². The summed E-state index contributed by atoms with van der Waals surface area (Å²) in [4.78, 5) is 10.6. The second-order valence-corrected chi connectivity index (χ2v) is 3.67. The van der Waals surface area contributed by atoms with Crippen molar-refractivity contribution in [1.29, 1.82) is 0 Å². The van der Waals surface area contributed by atoms with Crippen molar-refractivity contribution in [2.75, 3.05) is 7.11 Å². The molecule has 0 aromatic heterocycles.